The smallest absolute Gasteiger partial charge is 0.185 e. The van der Waals surface area contributed by atoms with Gasteiger partial charge in [-0.1, -0.05) is 29.3 Å². The summed E-state index contributed by atoms with van der Waals surface area (Å²) in [7, 11) is 0. The van der Waals surface area contributed by atoms with Gasteiger partial charge >= 0.3 is 0 Å². The fourth-order valence-electron chi connectivity index (χ4n) is 1.43. The summed E-state index contributed by atoms with van der Waals surface area (Å²) in [5, 5.41) is 1.14. The molecule has 0 radical (unpaired) electrons. The summed E-state index contributed by atoms with van der Waals surface area (Å²) >= 11 is 11.8. The first kappa shape index (κ1) is 11.2. The zero-order chi connectivity index (χ0) is 10.8. The van der Waals surface area contributed by atoms with Crippen LogP contribution in [0, 0.1) is 0 Å². The first-order valence-corrected chi connectivity index (χ1v) is 5.38. The first-order valence-electron chi connectivity index (χ1n) is 4.63. The molecule has 2 atom stereocenters. The van der Waals surface area contributed by atoms with Crippen LogP contribution in [0.1, 0.15) is 11.9 Å². The van der Waals surface area contributed by atoms with Gasteiger partial charge in [-0.05, 0) is 12.1 Å². The predicted molar refractivity (Wildman–Crippen MR) is 59.1 cm³/mol. The van der Waals surface area contributed by atoms with Gasteiger partial charge in [-0.3, -0.25) is 0 Å². The van der Waals surface area contributed by atoms with Gasteiger partial charge in [-0.2, -0.15) is 0 Å². The molecular formula is C10H11Cl2NO2. The van der Waals surface area contributed by atoms with Crippen LogP contribution in [0.15, 0.2) is 18.2 Å². The van der Waals surface area contributed by atoms with Gasteiger partial charge < -0.3 is 15.2 Å². The Kier molecular flexibility index (Phi) is 3.49. The summed E-state index contributed by atoms with van der Waals surface area (Å²) in [6.45, 7) is 0.946. The minimum absolute atomic E-state index is 0.0539. The molecule has 5 heteroatoms. The maximum atomic E-state index is 6.02. The van der Waals surface area contributed by atoms with Crippen LogP contribution in [-0.4, -0.2) is 19.3 Å². The Morgan fingerprint density at radius 3 is 2.80 bits per heavy atom. The Labute approximate surface area is 98.1 Å². The van der Waals surface area contributed by atoms with Crippen molar-refractivity contribution in [2.24, 2.45) is 5.73 Å². The van der Waals surface area contributed by atoms with Crippen molar-refractivity contribution in [2.45, 2.75) is 12.4 Å². The number of hydrogen-bond donors (Lipinski definition) is 1. The number of hydrogen-bond acceptors (Lipinski definition) is 3. The van der Waals surface area contributed by atoms with E-state index in [4.69, 9.17) is 38.4 Å². The third-order valence-electron chi connectivity index (χ3n) is 2.23. The summed E-state index contributed by atoms with van der Waals surface area (Å²) in [4.78, 5) is 0. The Morgan fingerprint density at radius 2 is 2.20 bits per heavy atom. The SMILES string of the molecule is NCC1COC(c2ccc(Cl)cc2Cl)O1. The molecule has 1 saturated heterocycles. The highest BCUT2D eigenvalue weighted by atomic mass is 35.5. The second-order valence-electron chi connectivity index (χ2n) is 3.32. The molecule has 0 bridgehead atoms. The lowest BCUT2D eigenvalue weighted by Gasteiger charge is -2.12. The van der Waals surface area contributed by atoms with E-state index in [1.54, 1.807) is 18.2 Å². The van der Waals surface area contributed by atoms with E-state index in [2.05, 4.69) is 0 Å². The minimum atomic E-state index is -0.427. The van der Waals surface area contributed by atoms with E-state index in [-0.39, 0.29) is 6.10 Å². The third kappa shape index (κ3) is 2.44. The van der Waals surface area contributed by atoms with Crippen LogP contribution in [0.4, 0.5) is 0 Å². The fourth-order valence-corrected chi connectivity index (χ4v) is 1.92. The lowest BCUT2D eigenvalue weighted by Crippen LogP contribution is -2.21. The van der Waals surface area contributed by atoms with Gasteiger partial charge in [0.1, 0.15) is 0 Å². The van der Waals surface area contributed by atoms with Crippen LogP contribution < -0.4 is 5.73 Å². The van der Waals surface area contributed by atoms with Gasteiger partial charge in [-0.25, -0.2) is 0 Å². The molecule has 2 N–H and O–H groups in total. The molecular weight excluding hydrogens is 237 g/mol. The number of nitrogens with two attached hydrogens (primary N) is 1. The normalized spacial score (nSPS) is 25.8. The molecule has 82 valence electrons. The van der Waals surface area contributed by atoms with Crippen molar-refractivity contribution in [2.75, 3.05) is 13.2 Å². The lowest BCUT2D eigenvalue weighted by molar-refractivity contribution is -0.0584. The van der Waals surface area contributed by atoms with Gasteiger partial charge in [0.15, 0.2) is 6.29 Å². The second-order valence-corrected chi connectivity index (χ2v) is 4.17. The predicted octanol–water partition coefficient (Wildman–Crippen LogP) is 2.37. The largest absolute Gasteiger partial charge is 0.346 e. The molecule has 0 saturated carbocycles. The van der Waals surface area contributed by atoms with Crippen molar-refractivity contribution in [3.8, 4) is 0 Å². The highest BCUT2D eigenvalue weighted by Gasteiger charge is 2.27. The van der Waals surface area contributed by atoms with E-state index in [0.29, 0.717) is 23.2 Å². The van der Waals surface area contributed by atoms with E-state index in [1.807, 2.05) is 0 Å². The topological polar surface area (TPSA) is 44.5 Å². The number of halogens is 2. The summed E-state index contributed by atoms with van der Waals surface area (Å²) in [5.74, 6) is 0. The molecule has 2 unspecified atom stereocenters. The molecule has 1 aromatic rings. The van der Waals surface area contributed by atoms with Crippen molar-refractivity contribution in [3.05, 3.63) is 33.8 Å². The van der Waals surface area contributed by atoms with Gasteiger partial charge in [-0.15, -0.1) is 0 Å². The Hall–Kier alpha value is -0.320. The first-order chi connectivity index (χ1) is 7.20. The number of rotatable bonds is 2. The summed E-state index contributed by atoms with van der Waals surface area (Å²) in [6.07, 6.45) is -0.481. The van der Waals surface area contributed by atoms with Crippen molar-refractivity contribution >= 4 is 23.2 Å². The van der Waals surface area contributed by atoms with Gasteiger partial charge in [0.2, 0.25) is 0 Å². The maximum Gasteiger partial charge on any atom is 0.185 e. The van der Waals surface area contributed by atoms with E-state index >= 15 is 0 Å². The van der Waals surface area contributed by atoms with E-state index in [9.17, 15) is 0 Å². The molecule has 1 fully saturated rings. The number of benzene rings is 1. The molecule has 0 aromatic heterocycles. The Balaban J connectivity index is 2.17. The molecule has 1 heterocycles. The second kappa shape index (κ2) is 4.68. The zero-order valence-electron chi connectivity index (χ0n) is 7.95. The van der Waals surface area contributed by atoms with E-state index in [1.165, 1.54) is 0 Å². The Bertz CT molecular complexity index is 359. The van der Waals surface area contributed by atoms with E-state index in [0.717, 1.165) is 5.56 Å². The molecule has 1 aromatic carbocycles. The molecule has 0 spiro atoms. The van der Waals surface area contributed by atoms with Crippen LogP contribution in [0.25, 0.3) is 0 Å². The Morgan fingerprint density at radius 1 is 1.40 bits per heavy atom. The molecule has 3 nitrogen and oxygen atoms in total. The average molecular weight is 248 g/mol. The summed E-state index contributed by atoms with van der Waals surface area (Å²) in [5.41, 5.74) is 6.27. The van der Waals surface area contributed by atoms with Crippen molar-refractivity contribution in [1.82, 2.24) is 0 Å². The average Bonchev–Trinajstić information content (AvgIpc) is 2.66. The minimum Gasteiger partial charge on any atom is -0.346 e. The van der Waals surface area contributed by atoms with Crippen molar-refractivity contribution in [1.29, 1.82) is 0 Å². The van der Waals surface area contributed by atoms with Gasteiger partial charge in [0, 0.05) is 17.1 Å². The van der Waals surface area contributed by atoms with E-state index < -0.39 is 6.29 Å². The molecule has 2 rings (SSSR count). The fraction of sp³-hybridized carbons (Fsp3) is 0.400. The lowest BCUT2D eigenvalue weighted by atomic mass is 10.2. The zero-order valence-corrected chi connectivity index (χ0v) is 9.46. The van der Waals surface area contributed by atoms with Crippen LogP contribution in [0.5, 0.6) is 0 Å². The van der Waals surface area contributed by atoms with Crippen molar-refractivity contribution < 1.29 is 9.47 Å². The van der Waals surface area contributed by atoms with Crippen LogP contribution in [0.3, 0.4) is 0 Å². The molecule has 0 amide bonds. The quantitative estimate of drug-likeness (QED) is 0.873. The highest BCUT2D eigenvalue weighted by molar-refractivity contribution is 6.35. The van der Waals surface area contributed by atoms with Crippen LogP contribution >= 0.6 is 23.2 Å². The summed E-state index contributed by atoms with van der Waals surface area (Å²) < 4.78 is 11.0. The third-order valence-corrected chi connectivity index (χ3v) is 2.79. The number of ether oxygens (including phenoxy) is 2. The maximum absolute atomic E-state index is 6.02. The standard InChI is InChI=1S/C10H11Cl2NO2/c11-6-1-2-8(9(12)3-6)10-14-5-7(4-13)15-10/h1-3,7,10H,4-5,13H2. The molecule has 1 aliphatic heterocycles. The van der Waals surface area contributed by atoms with Crippen LogP contribution in [-0.2, 0) is 9.47 Å². The molecule has 1 aliphatic rings. The summed E-state index contributed by atoms with van der Waals surface area (Å²) in [6, 6.07) is 5.22. The van der Waals surface area contributed by atoms with Crippen molar-refractivity contribution in [3.63, 3.8) is 0 Å². The van der Waals surface area contributed by atoms with Crippen LogP contribution in [0.2, 0.25) is 10.0 Å². The van der Waals surface area contributed by atoms with Gasteiger partial charge in [0.25, 0.3) is 0 Å². The molecule has 15 heavy (non-hydrogen) atoms. The van der Waals surface area contributed by atoms with Gasteiger partial charge in [0.05, 0.1) is 17.7 Å². The monoisotopic (exact) mass is 247 g/mol. The highest BCUT2D eigenvalue weighted by Crippen LogP contribution is 2.32. The molecule has 0 aliphatic carbocycles.